The average Bonchev–Trinajstić information content (AvgIpc) is 2.48. The number of carbonyl (C=O) groups excluding carboxylic acids is 1. The Hall–Kier alpha value is -1.62. The average molecular weight is 290 g/mol. The lowest BCUT2D eigenvalue weighted by atomic mass is 10.0. The van der Waals surface area contributed by atoms with E-state index < -0.39 is 0 Å². The van der Waals surface area contributed by atoms with Gasteiger partial charge in [-0.15, -0.1) is 0 Å². The summed E-state index contributed by atoms with van der Waals surface area (Å²) in [5, 5.41) is 6.40. The van der Waals surface area contributed by atoms with E-state index >= 15 is 0 Å². The molecule has 0 spiro atoms. The van der Waals surface area contributed by atoms with E-state index in [1.807, 2.05) is 32.2 Å². The minimum absolute atomic E-state index is 0.128. The molecule has 1 aromatic rings. The van der Waals surface area contributed by atoms with Crippen LogP contribution in [0.1, 0.15) is 33.1 Å². The number of nitrogens with one attached hydrogen (secondary N) is 2. The zero-order valence-electron chi connectivity index (χ0n) is 13.0. The van der Waals surface area contributed by atoms with E-state index in [-0.39, 0.29) is 11.9 Å². The fourth-order valence-electron chi connectivity index (χ4n) is 2.64. The Balaban J connectivity index is 1.64. The Kier molecular flexibility index (Phi) is 5.99. The van der Waals surface area contributed by atoms with Crippen LogP contribution in [0, 0.1) is 0 Å². The number of carbonyl (C=O) groups is 1. The maximum Gasteiger partial charge on any atom is 0.221 e. The Morgan fingerprint density at radius 3 is 2.76 bits per heavy atom. The molecular weight excluding hydrogens is 264 g/mol. The number of anilines is 1. The monoisotopic (exact) mass is 290 g/mol. The van der Waals surface area contributed by atoms with Crippen LogP contribution >= 0.6 is 0 Å². The quantitative estimate of drug-likeness (QED) is 0.835. The van der Waals surface area contributed by atoms with Crippen molar-refractivity contribution in [3.05, 3.63) is 24.4 Å². The third-order valence-electron chi connectivity index (χ3n) is 3.70. The van der Waals surface area contributed by atoms with E-state index in [1.54, 1.807) is 0 Å². The molecule has 0 radical (unpaired) electrons. The number of nitrogens with zero attached hydrogens (tertiary/aromatic N) is 2. The van der Waals surface area contributed by atoms with Gasteiger partial charge in [0, 0.05) is 44.3 Å². The molecule has 5 heteroatoms. The molecule has 0 bridgehead atoms. The van der Waals surface area contributed by atoms with Crippen molar-refractivity contribution in [3.8, 4) is 0 Å². The zero-order chi connectivity index (χ0) is 15.1. The lowest BCUT2D eigenvalue weighted by Crippen LogP contribution is -2.44. The highest BCUT2D eigenvalue weighted by molar-refractivity contribution is 5.76. The molecule has 0 aromatic carbocycles. The van der Waals surface area contributed by atoms with Crippen LogP contribution in [-0.2, 0) is 4.79 Å². The molecule has 5 nitrogen and oxygen atoms in total. The second kappa shape index (κ2) is 7.98. The van der Waals surface area contributed by atoms with E-state index in [0.717, 1.165) is 38.3 Å². The summed E-state index contributed by atoms with van der Waals surface area (Å²) in [6, 6.07) is 6.76. The number of hydrogen-bond donors (Lipinski definition) is 2. The molecule has 1 aliphatic rings. The number of amides is 1. The lowest BCUT2D eigenvalue weighted by molar-refractivity contribution is -0.121. The Morgan fingerprint density at radius 1 is 1.38 bits per heavy atom. The summed E-state index contributed by atoms with van der Waals surface area (Å²) in [5.41, 5.74) is 0. The summed E-state index contributed by atoms with van der Waals surface area (Å²) in [6.45, 7) is 6.77. The predicted molar refractivity (Wildman–Crippen MR) is 85.4 cm³/mol. The fourth-order valence-corrected chi connectivity index (χ4v) is 2.64. The van der Waals surface area contributed by atoms with Gasteiger partial charge in [-0.1, -0.05) is 6.07 Å². The normalized spacial score (nSPS) is 16.2. The van der Waals surface area contributed by atoms with Gasteiger partial charge < -0.3 is 15.5 Å². The third-order valence-corrected chi connectivity index (χ3v) is 3.70. The van der Waals surface area contributed by atoms with Crippen molar-refractivity contribution in [1.29, 1.82) is 0 Å². The summed E-state index contributed by atoms with van der Waals surface area (Å²) in [6.07, 6.45) is 4.59. The van der Waals surface area contributed by atoms with E-state index in [1.165, 1.54) is 0 Å². The van der Waals surface area contributed by atoms with Crippen LogP contribution in [0.2, 0.25) is 0 Å². The van der Waals surface area contributed by atoms with E-state index in [4.69, 9.17) is 0 Å². The predicted octanol–water partition coefficient (Wildman–Crippen LogP) is 1.55. The third kappa shape index (κ3) is 5.34. The first-order valence-corrected chi connectivity index (χ1v) is 7.84. The van der Waals surface area contributed by atoms with Crippen LogP contribution in [-0.4, -0.2) is 42.6 Å². The van der Waals surface area contributed by atoms with Crippen molar-refractivity contribution in [2.24, 2.45) is 0 Å². The number of rotatable bonds is 6. The van der Waals surface area contributed by atoms with Crippen LogP contribution in [0.5, 0.6) is 0 Å². The molecular formula is C16H26N4O. The zero-order valence-corrected chi connectivity index (χ0v) is 13.0. The van der Waals surface area contributed by atoms with Gasteiger partial charge in [-0.2, -0.15) is 0 Å². The van der Waals surface area contributed by atoms with Gasteiger partial charge in [0.25, 0.3) is 0 Å². The van der Waals surface area contributed by atoms with Crippen LogP contribution < -0.4 is 15.5 Å². The summed E-state index contributed by atoms with van der Waals surface area (Å²) >= 11 is 0. The Labute approximate surface area is 127 Å². The first-order valence-electron chi connectivity index (χ1n) is 7.84. The van der Waals surface area contributed by atoms with Gasteiger partial charge in [0.05, 0.1) is 0 Å². The summed E-state index contributed by atoms with van der Waals surface area (Å²) in [5.74, 6) is 1.19. The van der Waals surface area contributed by atoms with E-state index in [0.29, 0.717) is 12.5 Å². The SMILES string of the molecule is CC(C)NC(=O)CCNC1CCN(c2ccccn2)CC1. The Bertz CT molecular complexity index is 427. The minimum atomic E-state index is 0.128. The standard InChI is InChI=1S/C16H26N4O/c1-13(2)19-16(21)6-10-17-14-7-11-20(12-8-14)15-5-3-4-9-18-15/h3-5,9,13-14,17H,6-8,10-12H2,1-2H3,(H,19,21). The number of piperidine rings is 1. The van der Waals surface area contributed by atoms with Gasteiger partial charge in [0.15, 0.2) is 0 Å². The lowest BCUT2D eigenvalue weighted by Gasteiger charge is -2.33. The van der Waals surface area contributed by atoms with Crippen molar-refractivity contribution in [1.82, 2.24) is 15.6 Å². The van der Waals surface area contributed by atoms with Gasteiger partial charge in [0.1, 0.15) is 5.82 Å². The molecule has 2 N–H and O–H groups in total. The van der Waals surface area contributed by atoms with E-state index in [2.05, 4.69) is 26.6 Å². The van der Waals surface area contributed by atoms with E-state index in [9.17, 15) is 4.79 Å². The molecule has 2 rings (SSSR count). The smallest absolute Gasteiger partial charge is 0.221 e. The molecule has 116 valence electrons. The molecule has 1 aliphatic heterocycles. The molecule has 1 saturated heterocycles. The second-order valence-corrected chi connectivity index (χ2v) is 5.88. The van der Waals surface area contributed by atoms with Crippen molar-refractivity contribution in [2.75, 3.05) is 24.5 Å². The summed E-state index contributed by atoms with van der Waals surface area (Å²) in [7, 11) is 0. The number of hydrogen-bond acceptors (Lipinski definition) is 4. The highest BCUT2D eigenvalue weighted by Gasteiger charge is 2.19. The van der Waals surface area contributed by atoms with Crippen LogP contribution in [0.4, 0.5) is 5.82 Å². The van der Waals surface area contributed by atoms with Crippen molar-refractivity contribution in [2.45, 2.75) is 45.2 Å². The van der Waals surface area contributed by atoms with Crippen molar-refractivity contribution >= 4 is 11.7 Å². The van der Waals surface area contributed by atoms with Gasteiger partial charge in [-0.25, -0.2) is 4.98 Å². The van der Waals surface area contributed by atoms with Crippen LogP contribution in [0.15, 0.2) is 24.4 Å². The summed E-state index contributed by atoms with van der Waals surface area (Å²) in [4.78, 5) is 18.3. The summed E-state index contributed by atoms with van der Waals surface area (Å²) < 4.78 is 0. The highest BCUT2D eigenvalue weighted by atomic mass is 16.1. The van der Waals surface area contributed by atoms with Crippen molar-refractivity contribution < 1.29 is 4.79 Å². The van der Waals surface area contributed by atoms with Gasteiger partial charge in [-0.3, -0.25) is 4.79 Å². The molecule has 1 amide bonds. The molecule has 0 unspecified atom stereocenters. The molecule has 2 heterocycles. The second-order valence-electron chi connectivity index (χ2n) is 5.88. The molecule has 0 aliphatic carbocycles. The maximum atomic E-state index is 11.6. The van der Waals surface area contributed by atoms with Crippen LogP contribution in [0.25, 0.3) is 0 Å². The molecule has 0 saturated carbocycles. The molecule has 21 heavy (non-hydrogen) atoms. The first kappa shape index (κ1) is 15.8. The number of pyridine rings is 1. The molecule has 1 aromatic heterocycles. The topological polar surface area (TPSA) is 57.3 Å². The fraction of sp³-hybridized carbons (Fsp3) is 0.625. The van der Waals surface area contributed by atoms with Gasteiger partial charge in [0.2, 0.25) is 5.91 Å². The minimum Gasteiger partial charge on any atom is -0.357 e. The Morgan fingerprint density at radius 2 is 2.14 bits per heavy atom. The number of aromatic nitrogens is 1. The molecule has 1 fully saturated rings. The first-order chi connectivity index (χ1) is 10.1. The molecule has 0 atom stereocenters. The van der Waals surface area contributed by atoms with Gasteiger partial charge in [-0.05, 0) is 38.8 Å². The largest absolute Gasteiger partial charge is 0.357 e. The van der Waals surface area contributed by atoms with Crippen molar-refractivity contribution in [3.63, 3.8) is 0 Å². The van der Waals surface area contributed by atoms with Gasteiger partial charge >= 0.3 is 0 Å². The maximum absolute atomic E-state index is 11.6. The van der Waals surface area contributed by atoms with Crippen LogP contribution in [0.3, 0.4) is 0 Å². The highest BCUT2D eigenvalue weighted by Crippen LogP contribution is 2.17.